The number of hydrogen-bond donors (Lipinski definition) is 3. The van der Waals surface area contributed by atoms with Gasteiger partial charge in [-0.15, -0.1) is 0 Å². The maximum atomic E-state index is 12.7. The lowest BCUT2D eigenvalue weighted by molar-refractivity contribution is -0.137. The van der Waals surface area contributed by atoms with Crippen LogP contribution in [-0.4, -0.2) is 21.0 Å². The van der Waals surface area contributed by atoms with Crippen molar-refractivity contribution in [3.05, 3.63) is 35.7 Å². The van der Waals surface area contributed by atoms with Gasteiger partial charge in [-0.2, -0.15) is 18.3 Å². The normalized spacial score (nSPS) is 11.5. The number of nitrogens with zero attached hydrogens (tertiary/aromatic N) is 2. The first-order chi connectivity index (χ1) is 8.88. The minimum atomic E-state index is -4.55. The minimum Gasteiger partial charge on any atom is -0.384 e. The fraction of sp³-hybridized carbons (Fsp3) is 0.100. The summed E-state index contributed by atoms with van der Waals surface area (Å²) < 4.78 is 38.2. The number of nitrogens with one attached hydrogen (secondary N) is 2. The van der Waals surface area contributed by atoms with E-state index in [2.05, 4.69) is 15.2 Å². The first-order valence-corrected chi connectivity index (χ1v) is 5.78. The van der Waals surface area contributed by atoms with Crippen LogP contribution in [0.5, 0.6) is 0 Å². The third kappa shape index (κ3) is 3.05. The van der Waals surface area contributed by atoms with E-state index in [1.165, 1.54) is 18.5 Å². The molecule has 0 atom stereocenters. The van der Waals surface area contributed by atoms with E-state index >= 15 is 0 Å². The number of nitrogens with two attached hydrogens (primary N) is 1. The second kappa shape index (κ2) is 4.92. The molecule has 0 saturated carbocycles. The van der Waals surface area contributed by atoms with E-state index in [0.717, 1.165) is 17.8 Å². The first-order valence-electron chi connectivity index (χ1n) is 4.97. The standard InChI is InChI=1S/C10H8F3N5S/c11-10(12,13)7-2-1-5(3-6(7)8(14)15)19-9-16-4-17-18-9/h1-4H,(H3,14,15)(H,16,17,18). The van der Waals surface area contributed by atoms with Crippen molar-refractivity contribution in [3.8, 4) is 0 Å². The highest BCUT2D eigenvalue weighted by Gasteiger charge is 2.34. The largest absolute Gasteiger partial charge is 0.417 e. The van der Waals surface area contributed by atoms with E-state index in [-0.39, 0.29) is 5.56 Å². The molecule has 19 heavy (non-hydrogen) atoms. The Hall–Kier alpha value is -2.03. The summed E-state index contributed by atoms with van der Waals surface area (Å²) in [6.45, 7) is 0. The molecule has 4 N–H and O–H groups in total. The summed E-state index contributed by atoms with van der Waals surface area (Å²) in [7, 11) is 0. The van der Waals surface area contributed by atoms with Crippen molar-refractivity contribution in [2.45, 2.75) is 16.2 Å². The molecule has 0 spiro atoms. The molecule has 0 aliphatic rings. The average molecular weight is 287 g/mol. The monoisotopic (exact) mass is 287 g/mol. The number of aromatic nitrogens is 3. The molecule has 1 heterocycles. The quantitative estimate of drug-likeness (QED) is 0.596. The Morgan fingerprint density at radius 3 is 2.63 bits per heavy atom. The zero-order valence-electron chi connectivity index (χ0n) is 9.32. The highest BCUT2D eigenvalue weighted by molar-refractivity contribution is 7.99. The SMILES string of the molecule is N=C(N)c1cc(Sc2ncn[nH]2)ccc1C(F)(F)F. The highest BCUT2D eigenvalue weighted by Crippen LogP contribution is 2.34. The number of amidine groups is 1. The Bertz CT molecular complexity index is 594. The van der Waals surface area contributed by atoms with E-state index in [0.29, 0.717) is 10.1 Å². The number of nitrogen functional groups attached to an aromatic ring is 1. The molecule has 2 aromatic rings. The number of rotatable bonds is 3. The third-order valence-corrected chi connectivity index (χ3v) is 3.07. The van der Waals surface area contributed by atoms with Crippen LogP contribution in [0.4, 0.5) is 13.2 Å². The number of hydrogen-bond acceptors (Lipinski definition) is 4. The summed E-state index contributed by atoms with van der Waals surface area (Å²) in [5, 5.41) is 13.9. The van der Waals surface area contributed by atoms with Crippen molar-refractivity contribution in [1.29, 1.82) is 5.41 Å². The van der Waals surface area contributed by atoms with Crippen LogP contribution in [0.15, 0.2) is 34.6 Å². The van der Waals surface area contributed by atoms with Crippen molar-refractivity contribution < 1.29 is 13.2 Å². The second-order valence-electron chi connectivity index (χ2n) is 3.51. The molecule has 0 radical (unpaired) electrons. The van der Waals surface area contributed by atoms with Crippen LogP contribution in [0.25, 0.3) is 0 Å². The Morgan fingerprint density at radius 1 is 1.37 bits per heavy atom. The van der Waals surface area contributed by atoms with Gasteiger partial charge in [-0.3, -0.25) is 10.5 Å². The Balaban J connectivity index is 2.39. The third-order valence-electron chi connectivity index (χ3n) is 2.19. The van der Waals surface area contributed by atoms with Gasteiger partial charge in [0.05, 0.1) is 5.56 Å². The smallest absolute Gasteiger partial charge is 0.384 e. The summed E-state index contributed by atoms with van der Waals surface area (Å²) in [6.07, 6.45) is -3.26. The van der Waals surface area contributed by atoms with Crippen molar-refractivity contribution in [2.75, 3.05) is 0 Å². The van der Waals surface area contributed by atoms with E-state index in [1.54, 1.807) is 0 Å². The summed E-state index contributed by atoms with van der Waals surface area (Å²) in [5.74, 6) is -0.632. The van der Waals surface area contributed by atoms with Crippen molar-refractivity contribution >= 4 is 17.6 Å². The Labute approximate surface area is 109 Å². The molecule has 0 aliphatic heterocycles. The number of H-pyrrole nitrogens is 1. The number of benzene rings is 1. The van der Waals surface area contributed by atoms with Crippen molar-refractivity contribution in [1.82, 2.24) is 15.2 Å². The highest BCUT2D eigenvalue weighted by atomic mass is 32.2. The van der Waals surface area contributed by atoms with Gasteiger partial charge in [0, 0.05) is 10.5 Å². The van der Waals surface area contributed by atoms with Crippen LogP contribution in [0, 0.1) is 5.41 Å². The summed E-state index contributed by atoms with van der Waals surface area (Å²) in [4.78, 5) is 4.33. The maximum absolute atomic E-state index is 12.7. The van der Waals surface area contributed by atoms with Crippen LogP contribution in [0.2, 0.25) is 0 Å². The van der Waals surface area contributed by atoms with Crippen LogP contribution in [0.3, 0.4) is 0 Å². The summed E-state index contributed by atoms with van der Waals surface area (Å²) in [6, 6.07) is 3.40. The molecule has 0 unspecified atom stereocenters. The molecule has 0 aliphatic carbocycles. The maximum Gasteiger partial charge on any atom is 0.417 e. The van der Waals surface area contributed by atoms with E-state index < -0.39 is 17.6 Å². The lowest BCUT2D eigenvalue weighted by Crippen LogP contribution is -2.18. The molecular formula is C10H8F3N5S. The molecule has 0 fully saturated rings. The molecule has 100 valence electrons. The van der Waals surface area contributed by atoms with Gasteiger partial charge in [0.1, 0.15) is 12.2 Å². The summed E-state index contributed by atoms with van der Waals surface area (Å²) in [5.41, 5.74) is 3.91. The Kier molecular flexibility index (Phi) is 3.47. The van der Waals surface area contributed by atoms with Gasteiger partial charge in [-0.05, 0) is 18.2 Å². The van der Waals surface area contributed by atoms with Crippen LogP contribution < -0.4 is 5.73 Å². The van der Waals surface area contributed by atoms with Crippen LogP contribution >= 0.6 is 11.8 Å². The predicted molar refractivity (Wildman–Crippen MR) is 63.0 cm³/mol. The molecule has 0 saturated heterocycles. The van der Waals surface area contributed by atoms with E-state index in [1.807, 2.05) is 0 Å². The second-order valence-corrected chi connectivity index (χ2v) is 4.57. The summed E-state index contributed by atoms with van der Waals surface area (Å²) >= 11 is 1.10. The lowest BCUT2D eigenvalue weighted by Gasteiger charge is -2.12. The minimum absolute atomic E-state index is 0.350. The molecule has 2 rings (SSSR count). The fourth-order valence-corrected chi connectivity index (χ4v) is 2.15. The predicted octanol–water partition coefficient (Wildman–Crippen LogP) is 2.26. The van der Waals surface area contributed by atoms with Crippen LogP contribution in [-0.2, 0) is 6.18 Å². The van der Waals surface area contributed by atoms with Gasteiger partial charge < -0.3 is 5.73 Å². The van der Waals surface area contributed by atoms with Gasteiger partial charge in [0.25, 0.3) is 0 Å². The molecule has 1 aromatic carbocycles. The molecule has 1 aromatic heterocycles. The van der Waals surface area contributed by atoms with Gasteiger partial charge in [-0.25, -0.2) is 4.98 Å². The average Bonchev–Trinajstić information content (AvgIpc) is 2.80. The molecule has 9 heteroatoms. The van der Waals surface area contributed by atoms with E-state index in [9.17, 15) is 13.2 Å². The number of halogens is 3. The zero-order chi connectivity index (χ0) is 14.0. The number of aromatic amines is 1. The van der Waals surface area contributed by atoms with Crippen molar-refractivity contribution in [2.24, 2.45) is 5.73 Å². The fourth-order valence-electron chi connectivity index (χ4n) is 1.41. The zero-order valence-corrected chi connectivity index (χ0v) is 10.1. The van der Waals surface area contributed by atoms with Crippen molar-refractivity contribution in [3.63, 3.8) is 0 Å². The van der Waals surface area contributed by atoms with Gasteiger partial charge in [0.2, 0.25) is 0 Å². The molecular weight excluding hydrogens is 279 g/mol. The van der Waals surface area contributed by atoms with Gasteiger partial charge in [-0.1, -0.05) is 11.8 Å². The molecule has 0 amide bonds. The van der Waals surface area contributed by atoms with Crippen LogP contribution in [0.1, 0.15) is 11.1 Å². The van der Waals surface area contributed by atoms with Gasteiger partial charge in [0.15, 0.2) is 5.16 Å². The molecule has 5 nitrogen and oxygen atoms in total. The molecule has 0 bridgehead atoms. The van der Waals surface area contributed by atoms with Gasteiger partial charge >= 0.3 is 6.18 Å². The van der Waals surface area contributed by atoms with E-state index in [4.69, 9.17) is 11.1 Å². The Morgan fingerprint density at radius 2 is 2.11 bits per heavy atom. The topological polar surface area (TPSA) is 91.4 Å². The lowest BCUT2D eigenvalue weighted by atomic mass is 10.1. The first kappa shape index (κ1) is 13.4. The number of alkyl halides is 3.